The molecule has 2 rings (SSSR count). The van der Waals surface area contributed by atoms with Gasteiger partial charge in [0, 0.05) is 17.8 Å². The molecule has 0 aliphatic carbocycles. The van der Waals surface area contributed by atoms with E-state index >= 15 is 0 Å². The molecule has 0 bridgehead atoms. The quantitative estimate of drug-likeness (QED) is 0.847. The molecule has 6 heteroatoms. The van der Waals surface area contributed by atoms with Gasteiger partial charge in [-0.2, -0.15) is 5.10 Å². The summed E-state index contributed by atoms with van der Waals surface area (Å²) in [5.74, 6) is -0.586. The van der Waals surface area contributed by atoms with E-state index in [2.05, 4.69) is 10.4 Å². The Labute approximate surface area is 116 Å². The molecule has 1 heterocycles. The molecule has 0 radical (unpaired) electrons. The van der Waals surface area contributed by atoms with Gasteiger partial charge >= 0.3 is 0 Å². The van der Waals surface area contributed by atoms with Crippen LogP contribution in [-0.2, 0) is 0 Å². The fraction of sp³-hybridized carbons (Fsp3) is 0.286. The summed E-state index contributed by atoms with van der Waals surface area (Å²) in [7, 11) is 0. The van der Waals surface area contributed by atoms with Crippen molar-refractivity contribution in [1.82, 2.24) is 9.78 Å². The molecule has 5 nitrogen and oxygen atoms in total. The van der Waals surface area contributed by atoms with Gasteiger partial charge < -0.3 is 11.1 Å². The summed E-state index contributed by atoms with van der Waals surface area (Å²) in [5.41, 5.74) is 6.28. The van der Waals surface area contributed by atoms with Crippen LogP contribution in [-0.4, -0.2) is 15.7 Å². The average Bonchev–Trinajstić information content (AvgIpc) is 2.81. The summed E-state index contributed by atoms with van der Waals surface area (Å²) in [6.07, 6.45) is 1.58. The summed E-state index contributed by atoms with van der Waals surface area (Å²) >= 11 is 0. The Bertz CT molecular complexity index is 649. The lowest BCUT2D eigenvalue weighted by Gasteiger charge is -2.12. The Balaban J connectivity index is 2.31. The number of anilines is 2. The highest BCUT2D eigenvalue weighted by molar-refractivity contribution is 6.04. The Morgan fingerprint density at radius 3 is 2.80 bits per heavy atom. The number of nitrogens with two attached hydrogens (primary N) is 1. The largest absolute Gasteiger partial charge is 0.399 e. The number of amides is 1. The number of benzene rings is 1. The van der Waals surface area contributed by atoms with Crippen molar-refractivity contribution in [3.8, 4) is 0 Å². The van der Waals surface area contributed by atoms with Crippen LogP contribution >= 0.6 is 0 Å². The third kappa shape index (κ3) is 2.64. The maximum atomic E-state index is 14.0. The number of hydrogen-bond acceptors (Lipinski definition) is 3. The van der Waals surface area contributed by atoms with Crippen molar-refractivity contribution in [2.24, 2.45) is 0 Å². The van der Waals surface area contributed by atoms with Gasteiger partial charge in [-0.05, 0) is 38.5 Å². The van der Waals surface area contributed by atoms with E-state index in [0.29, 0.717) is 17.1 Å². The Morgan fingerprint density at radius 1 is 1.45 bits per heavy atom. The molecule has 0 unspecified atom stereocenters. The topological polar surface area (TPSA) is 72.9 Å². The van der Waals surface area contributed by atoms with E-state index in [1.807, 2.05) is 13.8 Å². The highest BCUT2D eigenvalue weighted by atomic mass is 19.1. The number of rotatable bonds is 3. The molecule has 0 aliphatic rings. The number of aromatic nitrogens is 2. The van der Waals surface area contributed by atoms with Gasteiger partial charge in [-0.15, -0.1) is 0 Å². The van der Waals surface area contributed by atoms with Gasteiger partial charge in [0.25, 0.3) is 5.91 Å². The van der Waals surface area contributed by atoms with E-state index in [-0.39, 0.29) is 11.6 Å². The van der Waals surface area contributed by atoms with Gasteiger partial charge in [-0.25, -0.2) is 9.07 Å². The zero-order valence-corrected chi connectivity index (χ0v) is 11.6. The highest BCUT2D eigenvalue weighted by Crippen LogP contribution is 2.19. The maximum absolute atomic E-state index is 14.0. The molecule has 0 fully saturated rings. The van der Waals surface area contributed by atoms with E-state index in [9.17, 15) is 9.18 Å². The van der Waals surface area contributed by atoms with Crippen molar-refractivity contribution < 1.29 is 9.18 Å². The minimum Gasteiger partial charge on any atom is -0.399 e. The fourth-order valence-electron chi connectivity index (χ4n) is 1.97. The molecule has 106 valence electrons. The maximum Gasteiger partial charge on any atom is 0.259 e. The van der Waals surface area contributed by atoms with Crippen LogP contribution in [0.2, 0.25) is 0 Å². The molecule has 20 heavy (non-hydrogen) atoms. The van der Waals surface area contributed by atoms with Crippen LogP contribution in [0, 0.1) is 12.7 Å². The van der Waals surface area contributed by atoms with Gasteiger partial charge in [-0.3, -0.25) is 4.79 Å². The molecule has 0 aliphatic heterocycles. The van der Waals surface area contributed by atoms with Crippen LogP contribution in [0.4, 0.5) is 15.9 Å². The smallest absolute Gasteiger partial charge is 0.259 e. The molecule has 1 aromatic heterocycles. The zero-order chi connectivity index (χ0) is 14.9. The lowest BCUT2D eigenvalue weighted by Crippen LogP contribution is -2.18. The van der Waals surface area contributed by atoms with Crippen molar-refractivity contribution >= 4 is 17.4 Å². The van der Waals surface area contributed by atoms with E-state index in [0.717, 1.165) is 0 Å². The monoisotopic (exact) mass is 276 g/mol. The van der Waals surface area contributed by atoms with E-state index < -0.39 is 11.7 Å². The number of carbonyl (C=O) groups excluding carboxylic acids is 1. The molecule has 0 spiro atoms. The molecule has 2 aromatic rings. The summed E-state index contributed by atoms with van der Waals surface area (Å²) < 4.78 is 15.6. The van der Waals surface area contributed by atoms with Crippen LogP contribution in [0.3, 0.4) is 0 Å². The Morgan fingerprint density at radius 2 is 2.15 bits per heavy atom. The van der Waals surface area contributed by atoms with Gasteiger partial charge in [0.2, 0.25) is 0 Å². The van der Waals surface area contributed by atoms with Crippen molar-refractivity contribution in [1.29, 1.82) is 0 Å². The standard InChI is InChI=1S/C14H17FN4O/c1-8(2)19-12(4-5-17-19)18-14(20)11-7-10(16)6-9(3)13(11)15/h4-8H,16H2,1-3H3,(H,18,20). The summed E-state index contributed by atoms with van der Waals surface area (Å²) in [5, 5.41) is 6.75. The third-order valence-corrected chi connectivity index (χ3v) is 2.92. The van der Waals surface area contributed by atoms with Crippen molar-refractivity contribution in [3.63, 3.8) is 0 Å². The summed E-state index contributed by atoms with van der Waals surface area (Å²) in [6.45, 7) is 5.45. The van der Waals surface area contributed by atoms with E-state index in [4.69, 9.17) is 5.73 Å². The summed E-state index contributed by atoms with van der Waals surface area (Å²) in [6, 6.07) is 4.57. The van der Waals surface area contributed by atoms with Crippen LogP contribution in [0.5, 0.6) is 0 Å². The second-order valence-electron chi connectivity index (χ2n) is 4.91. The lowest BCUT2D eigenvalue weighted by atomic mass is 10.1. The van der Waals surface area contributed by atoms with Crippen molar-refractivity contribution in [2.75, 3.05) is 11.1 Å². The molecular formula is C14H17FN4O. The van der Waals surface area contributed by atoms with Gasteiger partial charge in [0.15, 0.2) is 0 Å². The van der Waals surface area contributed by atoms with Crippen LogP contribution in [0.25, 0.3) is 0 Å². The minimum absolute atomic E-state index is 0.0704. The van der Waals surface area contributed by atoms with Gasteiger partial charge in [-0.1, -0.05) is 0 Å². The molecular weight excluding hydrogens is 259 g/mol. The first-order valence-electron chi connectivity index (χ1n) is 6.30. The Hall–Kier alpha value is -2.37. The highest BCUT2D eigenvalue weighted by Gasteiger charge is 2.17. The molecule has 0 saturated carbocycles. The number of aryl methyl sites for hydroxylation is 1. The van der Waals surface area contributed by atoms with E-state index in [1.165, 1.54) is 12.1 Å². The van der Waals surface area contributed by atoms with Crippen molar-refractivity contribution in [3.05, 3.63) is 41.3 Å². The van der Waals surface area contributed by atoms with Crippen LogP contribution in [0.1, 0.15) is 35.8 Å². The number of carbonyl (C=O) groups is 1. The van der Waals surface area contributed by atoms with Crippen molar-refractivity contribution in [2.45, 2.75) is 26.8 Å². The zero-order valence-electron chi connectivity index (χ0n) is 11.6. The molecule has 0 saturated heterocycles. The Kier molecular flexibility index (Phi) is 3.74. The summed E-state index contributed by atoms with van der Waals surface area (Å²) in [4.78, 5) is 12.2. The minimum atomic E-state index is -0.563. The number of nitrogens with zero attached hydrogens (tertiary/aromatic N) is 2. The average molecular weight is 276 g/mol. The number of nitrogens with one attached hydrogen (secondary N) is 1. The number of halogens is 1. The second kappa shape index (κ2) is 5.32. The molecule has 1 aromatic carbocycles. The van der Waals surface area contributed by atoms with Gasteiger partial charge in [0.1, 0.15) is 11.6 Å². The normalized spacial score (nSPS) is 10.8. The SMILES string of the molecule is Cc1cc(N)cc(C(=O)Nc2ccnn2C(C)C)c1F. The molecule has 0 atom stereocenters. The molecule has 1 amide bonds. The van der Waals surface area contributed by atoms with E-state index in [1.54, 1.807) is 23.9 Å². The third-order valence-electron chi connectivity index (χ3n) is 2.92. The predicted octanol–water partition coefficient (Wildman–Crippen LogP) is 2.75. The number of hydrogen-bond donors (Lipinski definition) is 2. The first-order chi connectivity index (χ1) is 9.40. The second-order valence-corrected chi connectivity index (χ2v) is 4.91. The first kappa shape index (κ1) is 14.0. The first-order valence-corrected chi connectivity index (χ1v) is 6.30. The lowest BCUT2D eigenvalue weighted by molar-refractivity contribution is 0.102. The fourth-order valence-corrected chi connectivity index (χ4v) is 1.97. The predicted molar refractivity (Wildman–Crippen MR) is 76.1 cm³/mol. The number of nitrogen functional groups attached to an aromatic ring is 1. The van der Waals surface area contributed by atoms with Gasteiger partial charge in [0.05, 0.1) is 11.8 Å². The van der Waals surface area contributed by atoms with Crippen LogP contribution < -0.4 is 11.1 Å². The molecule has 3 N–H and O–H groups in total. The van der Waals surface area contributed by atoms with Crippen LogP contribution in [0.15, 0.2) is 24.4 Å².